The van der Waals surface area contributed by atoms with Gasteiger partial charge in [-0.3, -0.25) is 4.68 Å². The van der Waals surface area contributed by atoms with Gasteiger partial charge in [-0.1, -0.05) is 18.2 Å². The van der Waals surface area contributed by atoms with Crippen molar-refractivity contribution in [2.24, 2.45) is 12.8 Å². The maximum Gasteiger partial charge on any atom is 0.138 e. The van der Waals surface area contributed by atoms with Gasteiger partial charge in [-0.15, -0.1) is 0 Å². The molecule has 0 fully saturated rings. The first-order valence-electron chi connectivity index (χ1n) is 6.02. The van der Waals surface area contributed by atoms with Gasteiger partial charge in [0.25, 0.3) is 0 Å². The summed E-state index contributed by atoms with van der Waals surface area (Å²) in [6, 6.07) is 6.27. The van der Waals surface area contributed by atoms with E-state index in [-0.39, 0.29) is 6.04 Å². The first kappa shape index (κ1) is 11.4. The van der Waals surface area contributed by atoms with Gasteiger partial charge in [0.2, 0.25) is 0 Å². The molecule has 0 amide bonds. The molecule has 0 bridgehead atoms. The number of nitrogens with zero attached hydrogens (tertiary/aromatic N) is 3. The van der Waals surface area contributed by atoms with Gasteiger partial charge in [-0.25, -0.2) is 4.98 Å². The molecule has 0 spiro atoms. The van der Waals surface area contributed by atoms with Gasteiger partial charge in [0, 0.05) is 19.5 Å². The molecule has 1 aromatic carbocycles. The summed E-state index contributed by atoms with van der Waals surface area (Å²) in [6.45, 7) is 1.41. The van der Waals surface area contributed by atoms with Crippen LogP contribution in [0.5, 0.6) is 0 Å². The summed E-state index contributed by atoms with van der Waals surface area (Å²) >= 11 is 0. The quantitative estimate of drug-likeness (QED) is 0.877. The Bertz CT molecular complexity index is 564. The van der Waals surface area contributed by atoms with E-state index in [9.17, 15) is 0 Å². The first-order valence-corrected chi connectivity index (χ1v) is 6.02. The van der Waals surface area contributed by atoms with Crippen molar-refractivity contribution in [3.8, 4) is 0 Å². The van der Waals surface area contributed by atoms with Crippen LogP contribution in [0.1, 0.15) is 28.6 Å². The SMILES string of the molecule is Cn1ncnc1CC(N)c1ccc2c(c1)COC2. The molecule has 0 aliphatic carbocycles. The van der Waals surface area contributed by atoms with Crippen molar-refractivity contribution in [2.45, 2.75) is 25.7 Å². The highest BCUT2D eigenvalue weighted by atomic mass is 16.5. The highest BCUT2D eigenvalue weighted by Crippen LogP contribution is 2.24. The molecule has 1 aliphatic heterocycles. The summed E-state index contributed by atoms with van der Waals surface area (Å²) in [4.78, 5) is 4.20. The lowest BCUT2D eigenvalue weighted by Gasteiger charge is -2.12. The van der Waals surface area contributed by atoms with Crippen LogP contribution in [0.2, 0.25) is 0 Å². The van der Waals surface area contributed by atoms with E-state index in [2.05, 4.69) is 28.3 Å². The number of rotatable bonds is 3. The van der Waals surface area contributed by atoms with Crippen LogP contribution in [0.3, 0.4) is 0 Å². The van der Waals surface area contributed by atoms with Gasteiger partial charge in [0.15, 0.2) is 0 Å². The van der Waals surface area contributed by atoms with Gasteiger partial charge >= 0.3 is 0 Å². The van der Waals surface area contributed by atoms with Crippen LogP contribution in [0, 0.1) is 0 Å². The third kappa shape index (κ3) is 2.02. The molecule has 0 radical (unpaired) electrons. The van der Waals surface area contributed by atoms with Gasteiger partial charge in [-0.05, 0) is 16.7 Å². The van der Waals surface area contributed by atoms with E-state index in [0.717, 1.165) is 11.4 Å². The van der Waals surface area contributed by atoms with Crippen LogP contribution in [0.4, 0.5) is 0 Å². The van der Waals surface area contributed by atoms with E-state index < -0.39 is 0 Å². The lowest BCUT2D eigenvalue weighted by atomic mass is 9.99. The van der Waals surface area contributed by atoms with Gasteiger partial charge in [-0.2, -0.15) is 5.10 Å². The Balaban J connectivity index is 1.80. The summed E-state index contributed by atoms with van der Waals surface area (Å²) in [7, 11) is 1.88. The van der Waals surface area contributed by atoms with E-state index in [4.69, 9.17) is 10.5 Å². The molecule has 5 nitrogen and oxygen atoms in total. The molecule has 18 heavy (non-hydrogen) atoms. The van der Waals surface area contributed by atoms with Crippen molar-refractivity contribution in [1.29, 1.82) is 0 Å². The van der Waals surface area contributed by atoms with Crippen LogP contribution in [-0.4, -0.2) is 14.8 Å². The number of hydrogen-bond donors (Lipinski definition) is 1. The predicted molar refractivity (Wildman–Crippen MR) is 66.6 cm³/mol. The first-order chi connectivity index (χ1) is 8.74. The fourth-order valence-corrected chi connectivity index (χ4v) is 2.24. The Morgan fingerprint density at radius 1 is 1.39 bits per heavy atom. The van der Waals surface area contributed by atoms with Crippen molar-refractivity contribution in [3.05, 3.63) is 47.0 Å². The van der Waals surface area contributed by atoms with E-state index in [1.54, 1.807) is 11.0 Å². The Morgan fingerprint density at radius 2 is 2.22 bits per heavy atom. The largest absolute Gasteiger partial charge is 0.372 e. The molecule has 94 valence electrons. The number of aromatic nitrogens is 3. The minimum absolute atomic E-state index is 0.0567. The normalized spacial score (nSPS) is 15.7. The second-order valence-corrected chi connectivity index (χ2v) is 4.63. The minimum Gasteiger partial charge on any atom is -0.372 e. The Labute approximate surface area is 106 Å². The van der Waals surface area contributed by atoms with Crippen molar-refractivity contribution in [3.63, 3.8) is 0 Å². The molecule has 2 aromatic rings. The molecule has 0 saturated carbocycles. The maximum absolute atomic E-state index is 6.23. The summed E-state index contributed by atoms with van der Waals surface area (Å²) in [5.74, 6) is 0.902. The second kappa shape index (κ2) is 4.51. The zero-order valence-corrected chi connectivity index (χ0v) is 10.3. The van der Waals surface area contributed by atoms with Crippen LogP contribution in [0.15, 0.2) is 24.5 Å². The van der Waals surface area contributed by atoms with Gasteiger partial charge in [0.05, 0.1) is 13.2 Å². The third-order valence-electron chi connectivity index (χ3n) is 3.38. The average molecular weight is 244 g/mol. The summed E-state index contributed by atoms with van der Waals surface area (Å²) in [5.41, 5.74) is 9.87. The smallest absolute Gasteiger partial charge is 0.138 e. The van der Waals surface area contributed by atoms with Crippen LogP contribution in [-0.2, 0) is 31.4 Å². The fourth-order valence-electron chi connectivity index (χ4n) is 2.24. The van der Waals surface area contributed by atoms with Crippen molar-refractivity contribution in [2.75, 3.05) is 0 Å². The van der Waals surface area contributed by atoms with Gasteiger partial charge in [0.1, 0.15) is 12.2 Å². The highest BCUT2D eigenvalue weighted by Gasteiger charge is 2.15. The molecule has 1 aliphatic rings. The number of aryl methyl sites for hydroxylation is 1. The maximum atomic E-state index is 6.23. The number of benzene rings is 1. The monoisotopic (exact) mass is 244 g/mol. The number of nitrogens with two attached hydrogens (primary N) is 1. The molecule has 0 saturated heterocycles. The molecule has 5 heteroatoms. The van der Waals surface area contributed by atoms with E-state index in [1.807, 2.05) is 7.05 Å². The summed E-state index contributed by atoms with van der Waals surface area (Å²) in [5, 5.41) is 4.05. The number of ether oxygens (including phenoxy) is 1. The minimum atomic E-state index is -0.0567. The zero-order chi connectivity index (χ0) is 12.5. The third-order valence-corrected chi connectivity index (χ3v) is 3.38. The standard InChI is InChI=1S/C13H16N4O/c1-17-13(15-8-16-17)5-12(14)9-2-3-10-6-18-7-11(10)4-9/h2-4,8,12H,5-7,14H2,1H3. The van der Waals surface area contributed by atoms with Crippen LogP contribution in [0.25, 0.3) is 0 Å². The van der Waals surface area contributed by atoms with Gasteiger partial charge < -0.3 is 10.5 Å². The Morgan fingerprint density at radius 3 is 3.00 bits per heavy atom. The van der Waals surface area contributed by atoms with E-state index >= 15 is 0 Å². The van der Waals surface area contributed by atoms with E-state index in [0.29, 0.717) is 19.6 Å². The van der Waals surface area contributed by atoms with Crippen molar-refractivity contribution >= 4 is 0 Å². The van der Waals surface area contributed by atoms with Crippen LogP contribution < -0.4 is 5.73 Å². The lowest BCUT2D eigenvalue weighted by molar-refractivity contribution is 0.134. The Hall–Kier alpha value is -1.72. The molecule has 2 N–H and O–H groups in total. The molecule has 2 heterocycles. The van der Waals surface area contributed by atoms with E-state index in [1.165, 1.54) is 11.1 Å². The average Bonchev–Trinajstić information content (AvgIpc) is 2.98. The highest BCUT2D eigenvalue weighted by molar-refractivity contribution is 5.34. The molecule has 1 aromatic heterocycles. The molecular formula is C13H16N4O. The summed E-state index contributed by atoms with van der Waals surface area (Å²) < 4.78 is 7.17. The number of fused-ring (bicyclic) bond motifs is 1. The van der Waals surface area contributed by atoms with Crippen molar-refractivity contribution in [1.82, 2.24) is 14.8 Å². The summed E-state index contributed by atoms with van der Waals surface area (Å²) in [6.07, 6.45) is 2.24. The number of hydrogen-bond acceptors (Lipinski definition) is 4. The van der Waals surface area contributed by atoms with Crippen molar-refractivity contribution < 1.29 is 4.74 Å². The van der Waals surface area contributed by atoms with Crippen LogP contribution >= 0.6 is 0 Å². The Kier molecular flexibility index (Phi) is 2.85. The molecule has 1 atom stereocenters. The molecule has 1 unspecified atom stereocenters. The molecular weight excluding hydrogens is 228 g/mol. The zero-order valence-electron chi connectivity index (χ0n) is 10.3. The molecule has 3 rings (SSSR count). The topological polar surface area (TPSA) is 66.0 Å². The predicted octanol–water partition coefficient (Wildman–Crippen LogP) is 1.09. The lowest BCUT2D eigenvalue weighted by Crippen LogP contribution is -2.16. The second-order valence-electron chi connectivity index (χ2n) is 4.63. The fraction of sp³-hybridized carbons (Fsp3) is 0.385.